The molecule has 21 heavy (non-hydrogen) atoms. The predicted molar refractivity (Wildman–Crippen MR) is 82.9 cm³/mol. The quantitative estimate of drug-likeness (QED) is 0.905. The standard InChI is InChI=1S/C17H25FN2O/c1-3-10-20(12-14-6-8-19-9-7-14)17(21)15-5-4-13(2)11-16(15)18/h4-5,11,14,19H,3,6-10,12H2,1-2H3. The van der Waals surface area contributed by atoms with Gasteiger partial charge in [0.1, 0.15) is 5.82 Å². The van der Waals surface area contributed by atoms with Gasteiger partial charge in [0.15, 0.2) is 0 Å². The fourth-order valence-corrected chi connectivity index (χ4v) is 2.89. The summed E-state index contributed by atoms with van der Waals surface area (Å²) in [6, 6.07) is 4.84. The van der Waals surface area contributed by atoms with Crippen molar-refractivity contribution in [1.29, 1.82) is 0 Å². The Balaban J connectivity index is 2.10. The number of nitrogens with zero attached hydrogens (tertiary/aromatic N) is 1. The van der Waals surface area contributed by atoms with Crippen LogP contribution in [-0.2, 0) is 0 Å². The minimum absolute atomic E-state index is 0.173. The van der Waals surface area contributed by atoms with Gasteiger partial charge in [0.2, 0.25) is 0 Å². The number of aryl methyl sites for hydroxylation is 1. The number of piperidine rings is 1. The van der Waals surface area contributed by atoms with E-state index >= 15 is 0 Å². The molecule has 1 amide bonds. The fraction of sp³-hybridized carbons (Fsp3) is 0.588. The van der Waals surface area contributed by atoms with E-state index in [1.54, 1.807) is 12.1 Å². The first-order valence-corrected chi connectivity index (χ1v) is 7.88. The third kappa shape index (κ3) is 4.27. The van der Waals surface area contributed by atoms with Gasteiger partial charge in [0, 0.05) is 13.1 Å². The second kappa shape index (κ2) is 7.55. The van der Waals surface area contributed by atoms with Gasteiger partial charge in [0.25, 0.3) is 5.91 Å². The highest BCUT2D eigenvalue weighted by molar-refractivity contribution is 5.94. The van der Waals surface area contributed by atoms with E-state index in [2.05, 4.69) is 5.32 Å². The SMILES string of the molecule is CCCN(CC1CCNCC1)C(=O)c1ccc(C)cc1F. The van der Waals surface area contributed by atoms with Gasteiger partial charge in [-0.05, 0) is 62.9 Å². The smallest absolute Gasteiger partial charge is 0.256 e. The summed E-state index contributed by atoms with van der Waals surface area (Å²) in [4.78, 5) is 14.4. The molecule has 1 aliphatic rings. The maximum absolute atomic E-state index is 14.0. The van der Waals surface area contributed by atoms with Crippen molar-refractivity contribution in [3.8, 4) is 0 Å². The number of rotatable bonds is 5. The number of benzene rings is 1. The third-order valence-electron chi connectivity index (χ3n) is 4.07. The minimum Gasteiger partial charge on any atom is -0.338 e. The molecular weight excluding hydrogens is 267 g/mol. The van der Waals surface area contributed by atoms with Crippen molar-refractivity contribution in [3.63, 3.8) is 0 Å². The molecule has 1 N–H and O–H groups in total. The Hall–Kier alpha value is -1.42. The van der Waals surface area contributed by atoms with E-state index < -0.39 is 5.82 Å². The summed E-state index contributed by atoms with van der Waals surface area (Å²) in [5.41, 5.74) is 1.03. The number of amides is 1. The van der Waals surface area contributed by atoms with Crippen LogP contribution in [0.4, 0.5) is 4.39 Å². The van der Waals surface area contributed by atoms with Crippen molar-refractivity contribution >= 4 is 5.91 Å². The monoisotopic (exact) mass is 292 g/mol. The van der Waals surface area contributed by atoms with Crippen LogP contribution in [-0.4, -0.2) is 37.0 Å². The summed E-state index contributed by atoms with van der Waals surface area (Å²) in [5, 5.41) is 3.33. The molecule has 1 aromatic carbocycles. The molecule has 0 saturated carbocycles. The van der Waals surface area contributed by atoms with Crippen LogP contribution in [0.25, 0.3) is 0 Å². The normalized spacial score (nSPS) is 16.0. The van der Waals surface area contributed by atoms with Crippen LogP contribution < -0.4 is 5.32 Å². The number of carbonyl (C=O) groups is 1. The number of hydrogen-bond donors (Lipinski definition) is 1. The molecule has 1 aliphatic heterocycles. The summed E-state index contributed by atoms with van der Waals surface area (Å²) in [6.07, 6.45) is 3.07. The second-order valence-electron chi connectivity index (χ2n) is 5.93. The number of nitrogens with one attached hydrogen (secondary N) is 1. The Bertz CT molecular complexity index is 484. The first kappa shape index (κ1) is 16.0. The van der Waals surface area contributed by atoms with Crippen LogP contribution in [0, 0.1) is 18.7 Å². The zero-order valence-corrected chi connectivity index (χ0v) is 13.0. The molecule has 0 unspecified atom stereocenters. The highest BCUT2D eigenvalue weighted by Gasteiger charge is 2.23. The lowest BCUT2D eigenvalue weighted by molar-refractivity contribution is 0.0711. The van der Waals surface area contributed by atoms with Gasteiger partial charge in [-0.3, -0.25) is 4.79 Å². The molecule has 2 rings (SSSR count). The molecule has 116 valence electrons. The molecule has 3 nitrogen and oxygen atoms in total. The summed E-state index contributed by atoms with van der Waals surface area (Å²) in [6.45, 7) is 7.33. The van der Waals surface area contributed by atoms with Crippen LogP contribution in [0.5, 0.6) is 0 Å². The molecule has 0 spiro atoms. The first-order chi connectivity index (χ1) is 10.1. The molecule has 0 aliphatic carbocycles. The molecular formula is C17H25FN2O. The van der Waals surface area contributed by atoms with Gasteiger partial charge < -0.3 is 10.2 Å². The van der Waals surface area contributed by atoms with Crippen molar-refractivity contribution in [3.05, 3.63) is 35.1 Å². The Labute approximate surface area is 126 Å². The van der Waals surface area contributed by atoms with Crippen LogP contribution in [0.1, 0.15) is 42.1 Å². The van der Waals surface area contributed by atoms with Crippen molar-refractivity contribution in [1.82, 2.24) is 10.2 Å². The van der Waals surface area contributed by atoms with Crippen LogP contribution in [0.2, 0.25) is 0 Å². The number of halogens is 1. The van der Waals surface area contributed by atoms with E-state index in [0.29, 0.717) is 12.5 Å². The van der Waals surface area contributed by atoms with Gasteiger partial charge >= 0.3 is 0 Å². The number of hydrogen-bond acceptors (Lipinski definition) is 2. The van der Waals surface area contributed by atoms with Gasteiger partial charge in [-0.1, -0.05) is 13.0 Å². The van der Waals surface area contributed by atoms with Crippen LogP contribution in [0.15, 0.2) is 18.2 Å². The average Bonchev–Trinajstić information content (AvgIpc) is 2.47. The molecule has 1 aromatic rings. The van der Waals surface area contributed by atoms with Gasteiger partial charge in [-0.25, -0.2) is 4.39 Å². The Morgan fingerprint density at radius 2 is 2.10 bits per heavy atom. The maximum Gasteiger partial charge on any atom is 0.256 e. The highest BCUT2D eigenvalue weighted by atomic mass is 19.1. The highest BCUT2D eigenvalue weighted by Crippen LogP contribution is 2.18. The van der Waals surface area contributed by atoms with E-state index in [1.165, 1.54) is 6.07 Å². The molecule has 1 saturated heterocycles. The Kier molecular flexibility index (Phi) is 5.74. The second-order valence-corrected chi connectivity index (χ2v) is 5.93. The van der Waals surface area contributed by atoms with E-state index in [1.807, 2.05) is 18.7 Å². The lowest BCUT2D eigenvalue weighted by Crippen LogP contribution is -2.40. The molecule has 0 radical (unpaired) electrons. The lowest BCUT2D eigenvalue weighted by atomic mass is 9.97. The Morgan fingerprint density at radius 1 is 1.38 bits per heavy atom. The first-order valence-electron chi connectivity index (χ1n) is 7.88. The van der Waals surface area contributed by atoms with Gasteiger partial charge in [-0.15, -0.1) is 0 Å². The maximum atomic E-state index is 14.0. The van der Waals surface area contributed by atoms with Crippen molar-refractivity contribution in [2.24, 2.45) is 5.92 Å². The van der Waals surface area contributed by atoms with E-state index in [9.17, 15) is 9.18 Å². The van der Waals surface area contributed by atoms with E-state index in [-0.39, 0.29) is 11.5 Å². The molecule has 1 heterocycles. The van der Waals surface area contributed by atoms with Gasteiger partial charge in [0.05, 0.1) is 5.56 Å². The van der Waals surface area contributed by atoms with Crippen molar-refractivity contribution in [2.45, 2.75) is 33.1 Å². The molecule has 0 aromatic heterocycles. The summed E-state index contributed by atoms with van der Waals surface area (Å²) < 4.78 is 14.0. The topological polar surface area (TPSA) is 32.3 Å². The Morgan fingerprint density at radius 3 is 2.71 bits per heavy atom. The summed E-state index contributed by atoms with van der Waals surface area (Å²) in [7, 11) is 0. The fourth-order valence-electron chi connectivity index (χ4n) is 2.89. The molecule has 0 bridgehead atoms. The average molecular weight is 292 g/mol. The van der Waals surface area contributed by atoms with E-state index in [4.69, 9.17) is 0 Å². The lowest BCUT2D eigenvalue weighted by Gasteiger charge is -2.30. The zero-order chi connectivity index (χ0) is 15.2. The minimum atomic E-state index is -0.411. The largest absolute Gasteiger partial charge is 0.338 e. The van der Waals surface area contributed by atoms with Crippen LogP contribution in [0.3, 0.4) is 0 Å². The van der Waals surface area contributed by atoms with Crippen molar-refractivity contribution in [2.75, 3.05) is 26.2 Å². The predicted octanol–water partition coefficient (Wildman–Crippen LogP) is 2.99. The third-order valence-corrected chi connectivity index (χ3v) is 4.07. The van der Waals surface area contributed by atoms with Gasteiger partial charge in [-0.2, -0.15) is 0 Å². The summed E-state index contributed by atoms with van der Waals surface area (Å²) in [5.74, 6) is -0.0606. The summed E-state index contributed by atoms with van der Waals surface area (Å²) >= 11 is 0. The number of carbonyl (C=O) groups excluding carboxylic acids is 1. The zero-order valence-electron chi connectivity index (χ0n) is 13.0. The van der Waals surface area contributed by atoms with Crippen LogP contribution >= 0.6 is 0 Å². The molecule has 4 heteroatoms. The van der Waals surface area contributed by atoms with E-state index in [0.717, 1.165) is 44.5 Å². The molecule has 0 atom stereocenters. The van der Waals surface area contributed by atoms with Crippen molar-refractivity contribution < 1.29 is 9.18 Å². The molecule has 1 fully saturated rings.